The van der Waals surface area contributed by atoms with Crippen LogP contribution in [0.1, 0.15) is 11.6 Å². The molecule has 6 heteroatoms. The largest absolute Gasteiger partial charge is 0.368 e. The smallest absolute Gasteiger partial charge is 0.244 e. The molecule has 0 saturated heterocycles. The van der Waals surface area contributed by atoms with E-state index in [-0.39, 0.29) is 5.82 Å². The van der Waals surface area contributed by atoms with Gasteiger partial charge in [-0.05, 0) is 17.7 Å². The zero-order valence-electron chi connectivity index (χ0n) is 9.80. The number of nitrogens with two attached hydrogens (primary N) is 1. The Balaban J connectivity index is 2.23. The Hall–Kier alpha value is -2.37. The Bertz CT molecular complexity index is 549. The van der Waals surface area contributed by atoms with Crippen LogP contribution < -0.4 is 11.1 Å². The van der Waals surface area contributed by atoms with Crippen molar-refractivity contribution >= 4 is 11.6 Å². The summed E-state index contributed by atoms with van der Waals surface area (Å²) in [4.78, 5) is 11.4. The maximum absolute atomic E-state index is 12.8. The first-order valence-electron chi connectivity index (χ1n) is 5.36. The van der Waals surface area contributed by atoms with Gasteiger partial charge in [-0.3, -0.25) is 9.48 Å². The molecule has 1 heterocycles. The minimum Gasteiger partial charge on any atom is -0.368 e. The molecular formula is C12H13FN4O. The van der Waals surface area contributed by atoms with Crippen LogP contribution in [0.4, 0.5) is 10.1 Å². The van der Waals surface area contributed by atoms with E-state index in [0.29, 0.717) is 11.3 Å². The third kappa shape index (κ3) is 2.65. The molecule has 0 bridgehead atoms. The summed E-state index contributed by atoms with van der Waals surface area (Å²) in [6.07, 6.45) is 3.30. The highest BCUT2D eigenvalue weighted by Crippen LogP contribution is 2.19. The fraction of sp³-hybridized carbons (Fsp3) is 0.167. The molecule has 94 valence electrons. The van der Waals surface area contributed by atoms with Crippen molar-refractivity contribution in [2.24, 2.45) is 12.8 Å². The predicted molar refractivity (Wildman–Crippen MR) is 65.2 cm³/mol. The fourth-order valence-electron chi connectivity index (χ4n) is 1.64. The molecule has 0 fully saturated rings. The standard InChI is InChI=1S/C12H13FN4O/c1-17-7-10(6-15-17)16-11(12(14)18)8-2-4-9(13)5-3-8/h2-7,11,16H,1H3,(H2,14,18)/t11-/m0/s1. The molecule has 0 spiro atoms. The highest BCUT2D eigenvalue weighted by Gasteiger charge is 2.18. The molecule has 2 aromatic rings. The van der Waals surface area contributed by atoms with Crippen molar-refractivity contribution in [2.45, 2.75) is 6.04 Å². The number of anilines is 1. The van der Waals surface area contributed by atoms with Crippen LogP contribution in [0.25, 0.3) is 0 Å². The third-order valence-corrected chi connectivity index (χ3v) is 2.50. The summed E-state index contributed by atoms with van der Waals surface area (Å²) >= 11 is 0. The van der Waals surface area contributed by atoms with E-state index in [0.717, 1.165) is 0 Å². The summed E-state index contributed by atoms with van der Waals surface area (Å²) in [6.45, 7) is 0. The number of nitrogens with zero attached hydrogens (tertiary/aromatic N) is 2. The number of primary amides is 1. The number of hydrogen-bond acceptors (Lipinski definition) is 3. The lowest BCUT2D eigenvalue weighted by atomic mass is 10.1. The third-order valence-electron chi connectivity index (χ3n) is 2.50. The second-order valence-corrected chi connectivity index (χ2v) is 3.93. The average Bonchev–Trinajstić information content (AvgIpc) is 2.73. The van der Waals surface area contributed by atoms with E-state index in [2.05, 4.69) is 10.4 Å². The lowest BCUT2D eigenvalue weighted by Crippen LogP contribution is -2.27. The number of carbonyl (C=O) groups excluding carboxylic acids is 1. The highest BCUT2D eigenvalue weighted by molar-refractivity contribution is 5.84. The van der Waals surface area contributed by atoms with Crippen molar-refractivity contribution in [3.63, 3.8) is 0 Å². The minimum absolute atomic E-state index is 0.358. The van der Waals surface area contributed by atoms with Crippen LogP contribution in [-0.4, -0.2) is 15.7 Å². The Kier molecular flexibility index (Phi) is 3.27. The van der Waals surface area contributed by atoms with Gasteiger partial charge in [0.25, 0.3) is 0 Å². The average molecular weight is 248 g/mol. The maximum atomic E-state index is 12.8. The SMILES string of the molecule is Cn1cc(N[C@H](C(N)=O)c2ccc(F)cc2)cn1. The van der Waals surface area contributed by atoms with Crippen molar-refractivity contribution < 1.29 is 9.18 Å². The quantitative estimate of drug-likeness (QED) is 0.853. The Labute approximate surface area is 103 Å². The molecule has 1 atom stereocenters. The van der Waals surface area contributed by atoms with Gasteiger partial charge in [0.05, 0.1) is 11.9 Å². The van der Waals surface area contributed by atoms with Crippen molar-refractivity contribution in [3.8, 4) is 0 Å². The number of aromatic nitrogens is 2. The van der Waals surface area contributed by atoms with Gasteiger partial charge in [0, 0.05) is 13.2 Å². The predicted octanol–water partition coefficient (Wildman–Crippen LogP) is 1.20. The number of halogens is 1. The molecule has 0 unspecified atom stereocenters. The molecule has 3 N–H and O–H groups in total. The van der Waals surface area contributed by atoms with Gasteiger partial charge in [-0.25, -0.2) is 4.39 Å². The van der Waals surface area contributed by atoms with Gasteiger partial charge in [0.15, 0.2) is 0 Å². The summed E-state index contributed by atoms with van der Waals surface area (Å²) in [5.74, 6) is -0.895. The first-order valence-corrected chi connectivity index (χ1v) is 5.36. The Morgan fingerprint density at radius 3 is 2.61 bits per heavy atom. The van der Waals surface area contributed by atoms with Crippen LogP contribution in [0.15, 0.2) is 36.7 Å². The van der Waals surface area contributed by atoms with E-state index in [1.807, 2.05) is 0 Å². The van der Waals surface area contributed by atoms with E-state index >= 15 is 0 Å². The van der Waals surface area contributed by atoms with Crippen molar-refractivity contribution in [3.05, 3.63) is 48.0 Å². The van der Waals surface area contributed by atoms with Gasteiger partial charge < -0.3 is 11.1 Å². The number of benzene rings is 1. The van der Waals surface area contributed by atoms with Crippen molar-refractivity contribution in [1.29, 1.82) is 0 Å². The molecule has 0 radical (unpaired) electrons. The molecule has 0 aliphatic rings. The van der Waals surface area contributed by atoms with E-state index in [1.54, 1.807) is 24.1 Å². The monoisotopic (exact) mass is 248 g/mol. The second kappa shape index (κ2) is 4.87. The van der Waals surface area contributed by atoms with Crippen molar-refractivity contribution in [2.75, 3.05) is 5.32 Å². The fourth-order valence-corrected chi connectivity index (χ4v) is 1.64. The van der Waals surface area contributed by atoms with Crippen LogP contribution >= 0.6 is 0 Å². The molecule has 1 aromatic heterocycles. The summed E-state index contributed by atoms with van der Waals surface area (Å²) < 4.78 is 14.4. The Morgan fingerprint density at radius 1 is 1.44 bits per heavy atom. The van der Waals surface area contributed by atoms with Crippen LogP contribution in [0, 0.1) is 5.82 Å². The zero-order valence-corrected chi connectivity index (χ0v) is 9.80. The lowest BCUT2D eigenvalue weighted by Gasteiger charge is -2.15. The number of amides is 1. The highest BCUT2D eigenvalue weighted by atomic mass is 19.1. The normalized spacial score (nSPS) is 12.1. The molecule has 2 rings (SSSR count). The summed E-state index contributed by atoms with van der Waals surface area (Å²) in [6, 6.07) is 4.91. The molecule has 0 aliphatic heterocycles. The topological polar surface area (TPSA) is 72.9 Å². The molecule has 0 aliphatic carbocycles. The van der Waals surface area contributed by atoms with E-state index in [4.69, 9.17) is 5.73 Å². The molecular weight excluding hydrogens is 235 g/mol. The van der Waals surface area contributed by atoms with Gasteiger partial charge in [-0.1, -0.05) is 12.1 Å². The molecule has 0 saturated carbocycles. The van der Waals surface area contributed by atoms with E-state index in [1.165, 1.54) is 24.3 Å². The van der Waals surface area contributed by atoms with Gasteiger partial charge in [0.1, 0.15) is 11.9 Å². The van der Waals surface area contributed by atoms with E-state index in [9.17, 15) is 9.18 Å². The molecule has 1 aromatic carbocycles. The van der Waals surface area contributed by atoms with Crippen LogP contribution in [0.3, 0.4) is 0 Å². The second-order valence-electron chi connectivity index (χ2n) is 3.93. The number of aryl methyl sites for hydroxylation is 1. The summed E-state index contributed by atoms with van der Waals surface area (Å²) in [7, 11) is 1.77. The number of rotatable bonds is 4. The number of nitrogens with one attached hydrogen (secondary N) is 1. The van der Waals surface area contributed by atoms with Gasteiger partial charge in [0.2, 0.25) is 5.91 Å². The summed E-state index contributed by atoms with van der Waals surface area (Å²) in [5.41, 5.74) is 6.62. The first kappa shape index (κ1) is 12.1. The minimum atomic E-state index is -0.713. The van der Waals surface area contributed by atoms with Crippen LogP contribution in [-0.2, 0) is 11.8 Å². The number of hydrogen-bond donors (Lipinski definition) is 2. The van der Waals surface area contributed by atoms with Crippen LogP contribution in [0.2, 0.25) is 0 Å². The van der Waals surface area contributed by atoms with Gasteiger partial charge in [-0.2, -0.15) is 5.10 Å². The number of carbonyl (C=O) groups is 1. The lowest BCUT2D eigenvalue weighted by molar-refractivity contribution is -0.118. The van der Waals surface area contributed by atoms with Gasteiger partial charge >= 0.3 is 0 Å². The van der Waals surface area contributed by atoms with Crippen molar-refractivity contribution in [1.82, 2.24) is 9.78 Å². The molecule has 5 nitrogen and oxygen atoms in total. The zero-order chi connectivity index (χ0) is 13.1. The Morgan fingerprint density at radius 2 is 2.11 bits per heavy atom. The first-order chi connectivity index (χ1) is 8.56. The van der Waals surface area contributed by atoms with Gasteiger partial charge in [-0.15, -0.1) is 0 Å². The van der Waals surface area contributed by atoms with Crippen LogP contribution in [0.5, 0.6) is 0 Å². The summed E-state index contributed by atoms with van der Waals surface area (Å²) in [5, 5.41) is 6.93. The maximum Gasteiger partial charge on any atom is 0.244 e. The van der Waals surface area contributed by atoms with E-state index < -0.39 is 11.9 Å². The molecule has 18 heavy (non-hydrogen) atoms. The molecule has 1 amide bonds.